The number of rotatable bonds is 1. The minimum atomic E-state index is 0.0740. The topological polar surface area (TPSA) is 20.3 Å². The number of benzene rings is 1. The van der Waals surface area contributed by atoms with Crippen LogP contribution >= 0.6 is 0 Å². The van der Waals surface area contributed by atoms with Crippen LogP contribution < -0.4 is 4.90 Å². The standard InChI is InChI=1S/C12H15NO/c1-9(14)11-8-7-10-5-3-4-6-12(10)13(11)2/h3-6,11H,7-8H2,1-2H3. The van der Waals surface area contributed by atoms with Gasteiger partial charge >= 0.3 is 0 Å². The zero-order valence-electron chi connectivity index (χ0n) is 8.66. The third-order valence-corrected chi connectivity index (χ3v) is 3.00. The fourth-order valence-electron chi connectivity index (χ4n) is 2.20. The Kier molecular flexibility index (Phi) is 2.28. The Hall–Kier alpha value is -1.31. The van der Waals surface area contributed by atoms with Crippen molar-refractivity contribution in [3.63, 3.8) is 0 Å². The van der Waals surface area contributed by atoms with E-state index in [0.717, 1.165) is 12.8 Å². The Morgan fingerprint density at radius 2 is 2.14 bits per heavy atom. The second-order valence-corrected chi connectivity index (χ2v) is 3.90. The van der Waals surface area contributed by atoms with Gasteiger partial charge in [0, 0.05) is 12.7 Å². The van der Waals surface area contributed by atoms with Gasteiger partial charge in [0.2, 0.25) is 0 Å². The molecular formula is C12H15NO. The van der Waals surface area contributed by atoms with Crippen molar-refractivity contribution in [2.45, 2.75) is 25.8 Å². The Labute approximate surface area is 84.5 Å². The molecule has 2 heteroatoms. The number of para-hydroxylation sites is 1. The van der Waals surface area contributed by atoms with Gasteiger partial charge in [0.05, 0.1) is 6.04 Å². The number of ketones is 1. The lowest BCUT2D eigenvalue weighted by atomic mass is 9.94. The molecular weight excluding hydrogens is 174 g/mol. The van der Waals surface area contributed by atoms with Crippen molar-refractivity contribution in [3.05, 3.63) is 29.8 Å². The molecule has 0 spiro atoms. The van der Waals surface area contributed by atoms with Crippen LogP contribution in [-0.2, 0) is 11.2 Å². The third kappa shape index (κ3) is 1.41. The van der Waals surface area contributed by atoms with E-state index in [9.17, 15) is 4.79 Å². The molecule has 74 valence electrons. The SMILES string of the molecule is CC(=O)C1CCc2ccccc2N1C. The van der Waals surface area contributed by atoms with Gasteiger partial charge in [-0.25, -0.2) is 0 Å². The molecule has 1 aromatic rings. The highest BCUT2D eigenvalue weighted by Crippen LogP contribution is 2.29. The van der Waals surface area contributed by atoms with E-state index in [1.807, 2.05) is 13.1 Å². The van der Waals surface area contributed by atoms with E-state index in [4.69, 9.17) is 0 Å². The lowest BCUT2D eigenvalue weighted by Crippen LogP contribution is -2.40. The summed E-state index contributed by atoms with van der Waals surface area (Å²) in [4.78, 5) is 13.5. The van der Waals surface area contributed by atoms with Crippen molar-refractivity contribution in [1.82, 2.24) is 0 Å². The van der Waals surface area contributed by atoms with Gasteiger partial charge in [-0.1, -0.05) is 18.2 Å². The van der Waals surface area contributed by atoms with E-state index in [0.29, 0.717) is 0 Å². The molecule has 14 heavy (non-hydrogen) atoms. The van der Waals surface area contributed by atoms with Crippen LogP contribution in [0.4, 0.5) is 5.69 Å². The summed E-state index contributed by atoms with van der Waals surface area (Å²) in [6.07, 6.45) is 1.97. The quantitative estimate of drug-likeness (QED) is 0.673. The smallest absolute Gasteiger partial charge is 0.152 e. The monoisotopic (exact) mass is 189 g/mol. The predicted molar refractivity (Wildman–Crippen MR) is 57.6 cm³/mol. The highest BCUT2D eigenvalue weighted by Gasteiger charge is 2.25. The molecule has 0 aliphatic carbocycles. The Balaban J connectivity index is 2.36. The Morgan fingerprint density at radius 3 is 2.86 bits per heavy atom. The maximum absolute atomic E-state index is 11.4. The molecule has 1 atom stereocenters. The van der Waals surface area contributed by atoms with Crippen LogP contribution in [0.1, 0.15) is 18.9 Å². The highest BCUT2D eigenvalue weighted by molar-refractivity contribution is 5.86. The first-order chi connectivity index (χ1) is 6.70. The molecule has 0 N–H and O–H groups in total. The number of hydrogen-bond acceptors (Lipinski definition) is 2. The number of carbonyl (C=O) groups is 1. The molecule has 0 aromatic heterocycles. The molecule has 0 bridgehead atoms. The first-order valence-corrected chi connectivity index (χ1v) is 5.01. The second kappa shape index (κ2) is 3.45. The van der Waals surface area contributed by atoms with Gasteiger partial charge in [-0.15, -0.1) is 0 Å². The van der Waals surface area contributed by atoms with Crippen LogP contribution in [0.15, 0.2) is 24.3 Å². The molecule has 0 amide bonds. The molecule has 0 saturated heterocycles. The number of aryl methyl sites for hydroxylation is 1. The van der Waals surface area contributed by atoms with Crippen LogP contribution in [-0.4, -0.2) is 18.9 Å². The van der Waals surface area contributed by atoms with Crippen molar-refractivity contribution in [1.29, 1.82) is 0 Å². The molecule has 0 saturated carbocycles. The Bertz CT molecular complexity index is 359. The van der Waals surface area contributed by atoms with Crippen molar-refractivity contribution in [3.8, 4) is 0 Å². The molecule has 2 rings (SSSR count). The average molecular weight is 189 g/mol. The lowest BCUT2D eigenvalue weighted by Gasteiger charge is -2.34. The largest absolute Gasteiger partial charge is 0.364 e. The Morgan fingerprint density at radius 1 is 1.43 bits per heavy atom. The lowest BCUT2D eigenvalue weighted by molar-refractivity contribution is -0.118. The van der Waals surface area contributed by atoms with Crippen molar-refractivity contribution in [2.75, 3.05) is 11.9 Å². The average Bonchev–Trinajstić information content (AvgIpc) is 2.18. The summed E-state index contributed by atoms with van der Waals surface area (Å²) in [6, 6.07) is 8.38. The first kappa shape index (κ1) is 9.25. The summed E-state index contributed by atoms with van der Waals surface area (Å²) in [5.41, 5.74) is 2.56. The number of nitrogens with zero attached hydrogens (tertiary/aromatic N) is 1. The first-order valence-electron chi connectivity index (χ1n) is 5.01. The van der Waals surface area contributed by atoms with Gasteiger partial charge in [0.1, 0.15) is 0 Å². The maximum Gasteiger partial charge on any atom is 0.152 e. The summed E-state index contributed by atoms with van der Waals surface area (Å²) in [6.45, 7) is 1.68. The van der Waals surface area contributed by atoms with Gasteiger partial charge in [-0.2, -0.15) is 0 Å². The molecule has 1 aliphatic heterocycles. The van der Waals surface area contributed by atoms with E-state index in [2.05, 4.69) is 23.1 Å². The van der Waals surface area contributed by atoms with Crippen LogP contribution in [0.5, 0.6) is 0 Å². The number of carbonyl (C=O) groups excluding carboxylic acids is 1. The van der Waals surface area contributed by atoms with Crippen LogP contribution in [0.2, 0.25) is 0 Å². The number of fused-ring (bicyclic) bond motifs is 1. The zero-order valence-corrected chi connectivity index (χ0v) is 8.66. The second-order valence-electron chi connectivity index (χ2n) is 3.90. The number of likely N-dealkylation sites (N-methyl/N-ethyl adjacent to an activating group) is 1. The van der Waals surface area contributed by atoms with Gasteiger partial charge in [-0.05, 0) is 31.4 Å². The fourth-order valence-corrected chi connectivity index (χ4v) is 2.20. The zero-order chi connectivity index (χ0) is 10.1. The predicted octanol–water partition coefficient (Wildman–Crippen LogP) is 2.03. The normalized spacial score (nSPS) is 20.4. The van der Waals surface area contributed by atoms with Gasteiger partial charge < -0.3 is 4.90 Å². The van der Waals surface area contributed by atoms with E-state index in [-0.39, 0.29) is 11.8 Å². The summed E-state index contributed by atoms with van der Waals surface area (Å²) in [5.74, 6) is 0.266. The summed E-state index contributed by atoms with van der Waals surface area (Å²) in [7, 11) is 2.00. The van der Waals surface area contributed by atoms with Crippen molar-refractivity contribution < 1.29 is 4.79 Å². The molecule has 0 fully saturated rings. The number of anilines is 1. The molecule has 1 aromatic carbocycles. The van der Waals surface area contributed by atoms with E-state index >= 15 is 0 Å². The molecule has 1 heterocycles. The van der Waals surface area contributed by atoms with Crippen LogP contribution in [0.25, 0.3) is 0 Å². The molecule has 2 nitrogen and oxygen atoms in total. The summed E-state index contributed by atoms with van der Waals surface area (Å²) in [5, 5.41) is 0. The van der Waals surface area contributed by atoms with Gasteiger partial charge in [0.15, 0.2) is 5.78 Å². The molecule has 0 radical (unpaired) electrons. The summed E-state index contributed by atoms with van der Waals surface area (Å²) < 4.78 is 0. The molecule has 1 unspecified atom stereocenters. The number of hydrogen-bond donors (Lipinski definition) is 0. The van der Waals surface area contributed by atoms with Crippen LogP contribution in [0, 0.1) is 0 Å². The minimum absolute atomic E-state index is 0.0740. The third-order valence-electron chi connectivity index (χ3n) is 3.00. The number of Topliss-reactive ketones (excluding diaryl/α,β-unsaturated/α-hetero) is 1. The van der Waals surface area contributed by atoms with Crippen molar-refractivity contribution >= 4 is 11.5 Å². The van der Waals surface area contributed by atoms with E-state index in [1.165, 1.54) is 11.3 Å². The van der Waals surface area contributed by atoms with E-state index in [1.54, 1.807) is 6.92 Å². The van der Waals surface area contributed by atoms with Gasteiger partial charge in [0.25, 0.3) is 0 Å². The minimum Gasteiger partial charge on any atom is -0.364 e. The fraction of sp³-hybridized carbons (Fsp3) is 0.417. The maximum atomic E-state index is 11.4. The van der Waals surface area contributed by atoms with E-state index < -0.39 is 0 Å². The van der Waals surface area contributed by atoms with Crippen LogP contribution in [0.3, 0.4) is 0 Å². The van der Waals surface area contributed by atoms with Gasteiger partial charge in [-0.3, -0.25) is 4.79 Å². The molecule has 1 aliphatic rings. The highest BCUT2D eigenvalue weighted by atomic mass is 16.1. The van der Waals surface area contributed by atoms with Crippen molar-refractivity contribution in [2.24, 2.45) is 0 Å². The summed E-state index contributed by atoms with van der Waals surface area (Å²) >= 11 is 0.